The molecule has 7 heteroatoms. The highest BCUT2D eigenvalue weighted by atomic mass is 19.1. The quantitative estimate of drug-likeness (QED) is 0.805. The van der Waals surface area contributed by atoms with Gasteiger partial charge in [0.25, 0.3) is 0 Å². The summed E-state index contributed by atoms with van der Waals surface area (Å²) in [5, 5.41) is 0.935. The summed E-state index contributed by atoms with van der Waals surface area (Å²) in [4.78, 5) is 21.6. The summed E-state index contributed by atoms with van der Waals surface area (Å²) in [6.07, 6.45) is 5.99. The van der Waals surface area contributed by atoms with E-state index >= 15 is 0 Å². The Morgan fingerprint density at radius 2 is 2.14 bits per heavy atom. The van der Waals surface area contributed by atoms with Crippen molar-refractivity contribution >= 4 is 17.1 Å². The molecule has 6 nitrogen and oxygen atoms in total. The van der Waals surface area contributed by atoms with E-state index in [2.05, 4.69) is 16.9 Å². The molecule has 0 atom stereocenters. The standard InChI is InChI=1S/C21H28FN3O3/c1-2-3-10-28-21(26)25-8-4-14(5-9-25)18-16(22)13-23-20-19(18)15-6-11-27-12-7-17(15)24-20/h13-14H,2-12H2,1H3,(H,23,24). The fourth-order valence-electron chi connectivity index (χ4n) is 4.36. The van der Waals surface area contributed by atoms with E-state index in [9.17, 15) is 9.18 Å². The summed E-state index contributed by atoms with van der Waals surface area (Å²) in [5.41, 5.74) is 3.78. The molecule has 4 heterocycles. The predicted octanol–water partition coefficient (Wildman–Crippen LogP) is 3.93. The van der Waals surface area contributed by atoms with Gasteiger partial charge in [0.15, 0.2) is 0 Å². The lowest BCUT2D eigenvalue weighted by molar-refractivity contribution is 0.0915. The average molecular weight is 389 g/mol. The number of hydrogen-bond donors (Lipinski definition) is 1. The number of unbranched alkanes of at least 4 members (excludes halogenated alkanes) is 1. The van der Waals surface area contributed by atoms with Crippen molar-refractivity contribution in [3.05, 3.63) is 28.8 Å². The summed E-state index contributed by atoms with van der Waals surface area (Å²) in [7, 11) is 0. The van der Waals surface area contributed by atoms with Crippen LogP contribution in [0.25, 0.3) is 11.0 Å². The summed E-state index contributed by atoms with van der Waals surface area (Å²) in [6.45, 7) is 5.04. The van der Waals surface area contributed by atoms with Crippen LogP contribution in [0, 0.1) is 5.82 Å². The third-order valence-electron chi connectivity index (χ3n) is 5.88. The van der Waals surface area contributed by atoms with Gasteiger partial charge in [-0.1, -0.05) is 13.3 Å². The van der Waals surface area contributed by atoms with Crippen LogP contribution in [0.4, 0.5) is 9.18 Å². The Bertz CT molecular complexity index is 843. The van der Waals surface area contributed by atoms with Gasteiger partial charge >= 0.3 is 6.09 Å². The van der Waals surface area contributed by atoms with Gasteiger partial charge in [-0.15, -0.1) is 0 Å². The molecule has 0 spiro atoms. The molecule has 0 aliphatic carbocycles. The van der Waals surface area contributed by atoms with Crippen molar-refractivity contribution < 1.29 is 18.7 Å². The van der Waals surface area contributed by atoms with Crippen LogP contribution in [-0.2, 0) is 22.3 Å². The molecule has 1 amide bonds. The SMILES string of the molecule is CCCCOC(=O)N1CCC(c2c(F)cnc3[nH]c4c(c23)CCOCC4)CC1. The van der Waals surface area contributed by atoms with E-state index in [1.165, 1.54) is 6.20 Å². The van der Waals surface area contributed by atoms with Crippen LogP contribution in [0.2, 0.25) is 0 Å². The molecule has 0 aromatic carbocycles. The number of likely N-dealkylation sites (tertiary alicyclic amines) is 1. The molecule has 0 saturated carbocycles. The number of aromatic nitrogens is 2. The number of pyridine rings is 1. The number of aromatic amines is 1. The van der Waals surface area contributed by atoms with Crippen LogP contribution < -0.4 is 0 Å². The minimum absolute atomic E-state index is 0.0780. The first-order valence-corrected chi connectivity index (χ1v) is 10.4. The van der Waals surface area contributed by atoms with E-state index in [0.717, 1.165) is 66.4 Å². The van der Waals surface area contributed by atoms with Gasteiger partial charge in [-0.2, -0.15) is 0 Å². The van der Waals surface area contributed by atoms with Crippen molar-refractivity contribution in [1.29, 1.82) is 0 Å². The van der Waals surface area contributed by atoms with E-state index in [1.54, 1.807) is 4.90 Å². The fourth-order valence-corrected chi connectivity index (χ4v) is 4.36. The largest absolute Gasteiger partial charge is 0.449 e. The monoisotopic (exact) mass is 389 g/mol. The molecule has 1 fully saturated rings. The molecule has 2 aromatic heterocycles. The first-order chi connectivity index (χ1) is 13.7. The predicted molar refractivity (Wildman–Crippen MR) is 104 cm³/mol. The lowest BCUT2D eigenvalue weighted by Gasteiger charge is -2.32. The van der Waals surface area contributed by atoms with Gasteiger partial charge in [-0.05, 0) is 37.2 Å². The molecule has 0 radical (unpaired) electrons. The van der Waals surface area contributed by atoms with Crippen molar-refractivity contribution in [3.63, 3.8) is 0 Å². The first kappa shape index (κ1) is 19.2. The molecule has 2 aliphatic heterocycles. The number of amides is 1. The zero-order chi connectivity index (χ0) is 19.5. The molecule has 0 unspecified atom stereocenters. The number of piperidine rings is 1. The number of H-pyrrole nitrogens is 1. The summed E-state index contributed by atoms with van der Waals surface area (Å²) >= 11 is 0. The Kier molecular flexibility index (Phi) is 5.80. The molecular weight excluding hydrogens is 361 g/mol. The summed E-state index contributed by atoms with van der Waals surface area (Å²) < 4.78 is 25.8. The van der Waals surface area contributed by atoms with Crippen LogP contribution in [0.1, 0.15) is 55.3 Å². The Hall–Kier alpha value is -2.15. The molecule has 2 aliphatic rings. The Morgan fingerprint density at radius 3 is 2.93 bits per heavy atom. The fraction of sp³-hybridized carbons (Fsp3) is 0.619. The average Bonchev–Trinajstić information content (AvgIpc) is 2.89. The van der Waals surface area contributed by atoms with Crippen LogP contribution in [0.5, 0.6) is 0 Å². The van der Waals surface area contributed by atoms with Gasteiger partial charge in [0.2, 0.25) is 0 Å². The number of carbonyl (C=O) groups excluding carboxylic acids is 1. The van der Waals surface area contributed by atoms with E-state index in [1.807, 2.05) is 0 Å². The molecule has 1 saturated heterocycles. The lowest BCUT2D eigenvalue weighted by atomic mass is 9.86. The number of carbonyl (C=O) groups is 1. The molecule has 4 rings (SSSR count). The second kappa shape index (κ2) is 8.47. The van der Waals surface area contributed by atoms with Crippen molar-refractivity contribution in [1.82, 2.24) is 14.9 Å². The van der Waals surface area contributed by atoms with Crippen LogP contribution in [-0.4, -0.2) is 53.9 Å². The maximum atomic E-state index is 14.9. The van der Waals surface area contributed by atoms with Gasteiger partial charge in [0.05, 0.1) is 26.0 Å². The van der Waals surface area contributed by atoms with Crippen LogP contribution >= 0.6 is 0 Å². The maximum absolute atomic E-state index is 14.9. The topological polar surface area (TPSA) is 67.5 Å². The molecule has 152 valence electrons. The minimum atomic E-state index is -0.250. The highest BCUT2D eigenvalue weighted by Crippen LogP contribution is 2.37. The van der Waals surface area contributed by atoms with Crippen LogP contribution in [0.15, 0.2) is 6.20 Å². The highest BCUT2D eigenvalue weighted by molar-refractivity contribution is 5.86. The van der Waals surface area contributed by atoms with E-state index in [0.29, 0.717) is 32.9 Å². The highest BCUT2D eigenvalue weighted by Gasteiger charge is 2.30. The Morgan fingerprint density at radius 1 is 1.36 bits per heavy atom. The lowest BCUT2D eigenvalue weighted by Crippen LogP contribution is -2.38. The number of ether oxygens (including phenoxy) is 2. The van der Waals surface area contributed by atoms with Gasteiger partial charge in [0, 0.05) is 36.2 Å². The number of halogens is 1. The van der Waals surface area contributed by atoms with Crippen LogP contribution in [0.3, 0.4) is 0 Å². The smallest absolute Gasteiger partial charge is 0.409 e. The molecule has 1 N–H and O–H groups in total. The molecule has 2 aromatic rings. The van der Waals surface area contributed by atoms with Crippen molar-refractivity contribution in [2.45, 2.75) is 51.4 Å². The van der Waals surface area contributed by atoms with Gasteiger partial charge in [-0.3, -0.25) is 0 Å². The van der Waals surface area contributed by atoms with E-state index < -0.39 is 0 Å². The number of rotatable bonds is 4. The first-order valence-electron chi connectivity index (χ1n) is 10.4. The molecule has 0 bridgehead atoms. The number of fused-ring (bicyclic) bond motifs is 3. The van der Waals surface area contributed by atoms with Crippen molar-refractivity contribution in [2.24, 2.45) is 0 Å². The molecule has 28 heavy (non-hydrogen) atoms. The normalized spacial score (nSPS) is 18.1. The van der Waals surface area contributed by atoms with Gasteiger partial charge < -0.3 is 19.4 Å². The Labute approximate surface area is 164 Å². The van der Waals surface area contributed by atoms with Crippen molar-refractivity contribution in [2.75, 3.05) is 32.9 Å². The van der Waals surface area contributed by atoms with E-state index in [4.69, 9.17) is 9.47 Å². The minimum Gasteiger partial charge on any atom is -0.449 e. The third-order valence-corrected chi connectivity index (χ3v) is 5.88. The third kappa shape index (κ3) is 3.72. The second-order valence-corrected chi connectivity index (χ2v) is 7.67. The zero-order valence-electron chi connectivity index (χ0n) is 16.4. The van der Waals surface area contributed by atoms with Gasteiger partial charge in [-0.25, -0.2) is 14.2 Å². The Balaban J connectivity index is 1.54. The number of nitrogens with zero attached hydrogens (tertiary/aromatic N) is 2. The maximum Gasteiger partial charge on any atom is 0.409 e. The molecular formula is C21H28FN3O3. The van der Waals surface area contributed by atoms with Gasteiger partial charge in [0.1, 0.15) is 11.5 Å². The number of nitrogens with one attached hydrogen (secondary N) is 1. The van der Waals surface area contributed by atoms with E-state index in [-0.39, 0.29) is 17.8 Å². The second-order valence-electron chi connectivity index (χ2n) is 7.67. The summed E-state index contributed by atoms with van der Waals surface area (Å²) in [5.74, 6) is -0.169. The number of hydrogen-bond acceptors (Lipinski definition) is 4. The zero-order valence-corrected chi connectivity index (χ0v) is 16.4. The van der Waals surface area contributed by atoms with Crippen molar-refractivity contribution in [3.8, 4) is 0 Å². The summed E-state index contributed by atoms with van der Waals surface area (Å²) in [6, 6.07) is 0.